The first-order valence-electron chi connectivity index (χ1n) is 20.9. The topological polar surface area (TPSA) is 78.9 Å². The molecule has 0 aliphatic carbocycles. The molecule has 0 amide bonds. The molecule has 1 atom stereocenters. The van der Waals surface area contributed by atoms with Crippen LogP contribution in [0.4, 0.5) is 0 Å². The number of esters is 3. The van der Waals surface area contributed by atoms with Crippen molar-refractivity contribution in [2.45, 2.75) is 233 Å². The van der Waals surface area contributed by atoms with Crippen LogP contribution >= 0.6 is 0 Å². The van der Waals surface area contributed by atoms with E-state index in [4.69, 9.17) is 14.2 Å². The van der Waals surface area contributed by atoms with E-state index in [2.05, 4.69) is 27.7 Å². The van der Waals surface area contributed by atoms with Crippen LogP contribution in [0.25, 0.3) is 0 Å². The molecule has 0 saturated carbocycles. The van der Waals surface area contributed by atoms with Gasteiger partial charge in [0.2, 0.25) is 0 Å². The Morgan fingerprint density at radius 2 is 0.688 bits per heavy atom. The van der Waals surface area contributed by atoms with E-state index in [1.807, 2.05) is 0 Å². The van der Waals surface area contributed by atoms with Gasteiger partial charge in [0.15, 0.2) is 6.10 Å². The summed E-state index contributed by atoms with van der Waals surface area (Å²) in [6.07, 6.45) is 33.9. The minimum absolute atomic E-state index is 0.0654. The lowest BCUT2D eigenvalue weighted by atomic mass is 10.0. The summed E-state index contributed by atoms with van der Waals surface area (Å²) in [6, 6.07) is 0. The van der Waals surface area contributed by atoms with Gasteiger partial charge in [-0.1, -0.05) is 188 Å². The Labute approximate surface area is 298 Å². The monoisotopic (exact) mass is 681 g/mol. The molecule has 0 radical (unpaired) electrons. The van der Waals surface area contributed by atoms with Gasteiger partial charge in [-0.05, 0) is 25.2 Å². The normalized spacial score (nSPS) is 11.9. The average Bonchev–Trinajstić information content (AvgIpc) is 3.06. The van der Waals surface area contributed by atoms with E-state index in [0.717, 1.165) is 63.7 Å². The van der Waals surface area contributed by atoms with Gasteiger partial charge >= 0.3 is 17.9 Å². The second kappa shape index (κ2) is 36.7. The first-order chi connectivity index (χ1) is 23.4. The fourth-order valence-corrected chi connectivity index (χ4v) is 6.10. The summed E-state index contributed by atoms with van der Waals surface area (Å²) >= 11 is 0. The van der Waals surface area contributed by atoms with Crippen molar-refractivity contribution in [3.05, 3.63) is 0 Å². The van der Waals surface area contributed by atoms with Crippen LogP contribution in [0.2, 0.25) is 0 Å². The molecule has 0 saturated heterocycles. The smallest absolute Gasteiger partial charge is 0.306 e. The minimum Gasteiger partial charge on any atom is -0.462 e. The number of hydrogen-bond donors (Lipinski definition) is 0. The van der Waals surface area contributed by atoms with E-state index < -0.39 is 6.10 Å². The summed E-state index contributed by atoms with van der Waals surface area (Å²) in [5, 5.41) is 0. The van der Waals surface area contributed by atoms with Gasteiger partial charge in [0, 0.05) is 19.3 Å². The van der Waals surface area contributed by atoms with Crippen molar-refractivity contribution in [1.29, 1.82) is 0 Å². The average molecular weight is 681 g/mol. The zero-order valence-electron chi connectivity index (χ0n) is 32.4. The van der Waals surface area contributed by atoms with Crippen molar-refractivity contribution in [3.63, 3.8) is 0 Å². The Hall–Kier alpha value is -1.59. The number of ether oxygens (including phenoxy) is 3. The SMILES string of the molecule is CCCCCCCCCCCCCCCC(=O)OC[C@H](COC(=O)CCCCCCCCCC(C)C)OC(=O)CCCCCCCCC. The molecule has 0 aromatic carbocycles. The summed E-state index contributed by atoms with van der Waals surface area (Å²) in [5.74, 6) is -0.0872. The molecule has 0 rings (SSSR count). The maximum absolute atomic E-state index is 12.6. The summed E-state index contributed by atoms with van der Waals surface area (Å²) in [7, 11) is 0. The van der Waals surface area contributed by atoms with Crippen LogP contribution in [0.5, 0.6) is 0 Å². The Morgan fingerprint density at radius 1 is 0.396 bits per heavy atom. The predicted molar refractivity (Wildman–Crippen MR) is 201 cm³/mol. The van der Waals surface area contributed by atoms with Crippen molar-refractivity contribution in [2.24, 2.45) is 5.92 Å². The van der Waals surface area contributed by atoms with Gasteiger partial charge in [0.1, 0.15) is 13.2 Å². The highest BCUT2D eigenvalue weighted by Gasteiger charge is 2.19. The maximum Gasteiger partial charge on any atom is 0.306 e. The number of rotatable bonds is 37. The molecule has 48 heavy (non-hydrogen) atoms. The van der Waals surface area contributed by atoms with Crippen molar-refractivity contribution >= 4 is 17.9 Å². The molecule has 6 heteroatoms. The zero-order chi connectivity index (χ0) is 35.3. The third-order valence-electron chi connectivity index (χ3n) is 9.29. The van der Waals surface area contributed by atoms with Crippen LogP contribution in [0.3, 0.4) is 0 Å². The molecular weight excluding hydrogens is 600 g/mol. The lowest BCUT2D eigenvalue weighted by Crippen LogP contribution is -2.30. The van der Waals surface area contributed by atoms with Crippen LogP contribution in [0.15, 0.2) is 0 Å². The maximum atomic E-state index is 12.6. The molecule has 0 unspecified atom stereocenters. The Bertz CT molecular complexity index is 721. The second-order valence-electron chi connectivity index (χ2n) is 14.7. The predicted octanol–water partition coefficient (Wildman–Crippen LogP) is 12.8. The molecule has 0 aliphatic rings. The van der Waals surface area contributed by atoms with Gasteiger partial charge in [-0.15, -0.1) is 0 Å². The van der Waals surface area contributed by atoms with Gasteiger partial charge in [0.25, 0.3) is 0 Å². The zero-order valence-corrected chi connectivity index (χ0v) is 32.4. The molecule has 0 aromatic heterocycles. The van der Waals surface area contributed by atoms with Crippen LogP contribution in [-0.4, -0.2) is 37.2 Å². The van der Waals surface area contributed by atoms with E-state index in [-0.39, 0.29) is 31.1 Å². The summed E-state index contributed by atoms with van der Waals surface area (Å²) in [6.45, 7) is 8.89. The number of carbonyl (C=O) groups excluding carboxylic acids is 3. The quantitative estimate of drug-likeness (QED) is 0.0369. The molecule has 6 nitrogen and oxygen atoms in total. The van der Waals surface area contributed by atoms with Crippen LogP contribution < -0.4 is 0 Å². The van der Waals surface area contributed by atoms with E-state index in [1.165, 1.54) is 122 Å². The highest BCUT2D eigenvalue weighted by molar-refractivity contribution is 5.71. The molecule has 284 valence electrons. The van der Waals surface area contributed by atoms with Crippen LogP contribution in [-0.2, 0) is 28.6 Å². The van der Waals surface area contributed by atoms with Gasteiger partial charge in [-0.3, -0.25) is 14.4 Å². The lowest BCUT2D eigenvalue weighted by Gasteiger charge is -2.18. The van der Waals surface area contributed by atoms with Gasteiger partial charge in [-0.2, -0.15) is 0 Å². The Balaban J connectivity index is 4.27. The number of hydrogen-bond acceptors (Lipinski definition) is 6. The fraction of sp³-hybridized carbons (Fsp3) is 0.929. The number of carbonyl (C=O) groups is 3. The third-order valence-corrected chi connectivity index (χ3v) is 9.29. The molecule has 0 N–H and O–H groups in total. The lowest BCUT2D eigenvalue weighted by molar-refractivity contribution is -0.167. The Morgan fingerprint density at radius 3 is 1.02 bits per heavy atom. The van der Waals surface area contributed by atoms with E-state index >= 15 is 0 Å². The molecule has 0 fully saturated rings. The number of unbranched alkanes of at least 4 members (excludes halogenated alkanes) is 24. The highest BCUT2D eigenvalue weighted by atomic mass is 16.6. The third kappa shape index (κ3) is 35.7. The largest absolute Gasteiger partial charge is 0.462 e. The first kappa shape index (κ1) is 46.4. The van der Waals surface area contributed by atoms with E-state index in [1.54, 1.807) is 0 Å². The van der Waals surface area contributed by atoms with Crippen LogP contribution in [0.1, 0.15) is 227 Å². The summed E-state index contributed by atoms with van der Waals surface area (Å²) in [5.41, 5.74) is 0. The van der Waals surface area contributed by atoms with E-state index in [9.17, 15) is 14.4 Å². The molecule has 0 aliphatic heterocycles. The van der Waals surface area contributed by atoms with Crippen LogP contribution in [0, 0.1) is 5.92 Å². The standard InChI is InChI=1S/C42H80O6/c1-5-7-9-11-13-14-15-16-17-18-22-25-29-33-40(43)46-36-39(48-42(45)35-31-27-20-12-10-8-6-2)37-47-41(44)34-30-26-23-19-21-24-28-32-38(3)4/h38-39H,5-37H2,1-4H3/t39-/m1/s1. The Kier molecular flexibility index (Phi) is 35.5. The molecular formula is C42H80O6. The fourth-order valence-electron chi connectivity index (χ4n) is 6.10. The van der Waals surface area contributed by atoms with Crippen molar-refractivity contribution in [3.8, 4) is 0 Å². The molecule has 0 bridgehead atoms. The first-order valence-corrected chi connectivity index (χ1v) is 20.9. The van der Waals surface area contributed by atoms with Crippen molar-refractivity contribution in [2.75, 3.05) is 13.2 Å². The molecule has 0 aromatic rings. The summed E-state index contributed by atoms with van der Waals surface area (Å²) in [4.78, 5) is 37.4. The van der Waals surface area contributed by atoms with E-state index in [0.29, 0.717) is 19.3 Å². The van der Waals surface area contributed by atoms with Gasteiger partial charge < -0.3 is 14.2 Å². The second-order valence-corrected chi connectivity index (χ2v) is 14.7. The highest BCUT2D eigenvalue weighted by Crippen LogP contribution is 2.15. The van der Waals surface area contributed by atoms with Gasteiger partial charge in [0.05, 0.1) is 0 Å². The minimum atomic E-state index is -0.757. The molecule has 0 heterocycles. The van der Waals surface area contributed by atoms with Crippen molar-refractivity contribution < 1.29 is 28.6 Å². The van der Waals surface area contributed by atoms with Crippen molar-refractivity contribution in [1.82, 2.24) is 0 Å². The van der Waals surface area contributed by atoms with Gasteiger partial charge in [-0.25, -0.2) is 0 Å². The molecule has 0 spiro atoms. The summed E-state index contributed by atoms with van der Waals surface area (Å²) < 4.78 is 16.6.